The first-order chi connectivity index (χ1) is 17.8. The minimum atomic E-state index is -0.0733. The van der Waals surface area contributed by atoms with Gasteiger partial charge in [0.25, 0.3) is 5.91 Å². The predicted octanol–water partition coefficient (Wildman–Crippen LogP) is 8.35. The van der Waals surface area contributed by atoms with Gasteiger partial charge in [-0.3, -0.25) is 4.79 Å². The maximum Gasteiger partial charge on any atom is 0.259 e. The molecule has 1 aliphatic rings. The number of carbonyl (C=O) groups excluding carboxylic acids is 1. The molecule has 1 atom stereocenters. The third-order valence-corrected chi connectivity index (χ3v) is 8.79. The Kier molecular flexibility index (Phi) is 6.91. The van der Waals surface area contributed by atoms with Crippen molar-refractivity contribution < 1.29 is 4.79 Å². The van der Waals surface area contributed by atoms with E-state index in [4.69, 9.17) is 4.99 Å². The zero-order valence-corrected chi connectivity index (χ0v) is 23.0. The molecular formula is C32H35N3OS. The van der Waals surface area contributed by atoms with E-state index in [1.165, 1.54) is 16.0 Å². The van der Waals surface area contributed by atoms with E-state index < -0.39 is 0 Å². The lowest BCUT2D eigenvalue weighted by atomic mass is 9.72. The summed E-state index contributed by atoms with van der Waals surface area (Å²) in [5, 5.41) is 5.08. The summed E-state index contributed by atoms with van der Waals surface area (Å²) in [5.74, 6) is 0.524. The smallest absolute Gasteiger partial charge is 0.259 e. The molecule has 1 N–H and O–H groups in total. The van der Waals surface area contributed by atoms with Crippen molar-refractivity contribution in [2.75, 3.05) is 5.32 Å². The minimum Gasteiger partial charge on any atom is -0.340 e. The van der Waals surface area contributed by atoms with Gasteiger partial charge in [0.1, 0.15) is 5.00 Å². The topological polar surface area (TPSA) is 46.4 Å². The molecular weight excluding hydrogens is 474 g/mol. The van der Waals surface area contributed by atoms with Crippen LogP contribution in [0.3, 0.4) is 0 Å². The summed E-state index contributed by atoms with van der Waals surface area (Å²) >= 11 is 1.69. The number of allylic oxidation sites excluding steroid dienone is 1. The molecule has 0 saturated carbocycles. The van der Waals surface area contributed by atoms with E-state index in [-0.39, 0.29) is 11.3 Å². The Bertz CT molecular complexity index is 1480. The van der Waals surface area contributed by atoms with Crippen LogP contribution in [0.2, 0.25) is 0 Å². The summed E-state index contributed by atoms with van der Waals surface area (Å²) in [7, 11) is 0. The highest BCUT2D eigenvalue weighted by molar-refractivity contribution is 7.16. The van der Waals surface area contributed by atoms with E-state index >= 15 is 0 Å². The summed E-state index contributed by atoms with van der Waals surface area (Å²) in [4.78, 5) is 19.9. The summed E-state index contributed by atoms with van der Waals surface area (Å²) < 4.78 is 2.26. The first kappa shape index (κ1) is 25.2. The first-order valence-corrected chi connectivity index (χ1v) is 13.8. The van der Waals surface area contributed by atoms with Crippen molar-refractivity contribution in [1.82, 2.24) is 4.57 Å². The zero-order chi connectivity index (χ0) is 26.2. The Labute approximate surface area is 223 Å². The second kappa shape index (κ2) is 10.1. The molecule has 0 spiro atoms. The largest absolute Gasteiger partial charge is 0.340 e. The summed E-state index contributed by atoms with van der Waals surface area (Å²) in [6, 6.07) is 18.1. The molecule has 2 aromatic heterocycles. The normalized spacial score (nSPS) is 15.7. The van der Waals surface area contributed by atoms with E-state index in [2.05, 4.69) is 68.4 Å². The molecule has 0 fully saturated rings. The number of anilines is 1. The summed E-state index contributed by atoms with van der Waals surface area (Å²) in [6.07, 6.45) is 6.89. The lowest BCUT2D eigenvalue weighted by molar-refractivity contribution is 0.102. The van der Waals surface area contributed by atoms with Crippen LogP contribution in [-0.2, 0) is 19.4 Å². The number of carbonyl (C=O) groups is 1. The van der Waals surface area contributed by atoms with Gasteiger partial charge in [-0.2, -0.15) is 0 Å². The lowest BCUT2D eigenvalue weighted by Crippen LogP contribution is -2.27. The number of benzene rings is 2. The van der Waals surface area contributed by atoms with Gasteiger partial charge in [-0.15, -0.1) is 17.9 Å². The van der Waals surface area contributed by atoms with Gasteiger partial charge in [-0.05, 0) is 61.3 Å². The number of aliphatic imine (C=N–C) groups is 1. The predicted molar refractivity (Wildman–Crippen MR) is 158 cm³/mol. The maximum absolute atomic E-state index is 13.6. The van der Waals surface area contributed by atoms with Gasteiger partial charge >= 0.3 is 0 Å². The molecule has 5 rings (SSSR count). The number of hydrogen-bond acceptors (Lipinski definition) is 3. The number of fused-ring (bicyclic) bond motifs is 2. The van der Waals surface area contributed by atoms with Crippen molar-refractivity contribution in [3.05, 3.63) is 94.5 Å². The number of amides is 1. The second-order valence-corrected chi connectivity index (χ2v) is 12.1. The number of thiophene rings is 1. The molecule has 1 amide bonds. The fourth-order valence-corrected chi connectivity index (χ4v) is 6.73. The Morgan fingerprint density at radius 2 is 1.89 bits per heavy atom. The molecule has 2 aromatic carbocycles. The molecule has 4 nitrogen and oxygen atoms in total. The van der Waals surface area contributed by atoms with Gasteiger partial charge in [0, 0.05) is 45.5 Å². The van der Waals surface area contributed by atoms with Crippen LogP contribution < -0.4 is 5.32 Å². The third-order valence-electron chi connectivity index (χ3n) is 7.63. The average Bonchev–Trinajstić information content (AvgIpc) is 3.37. The number of hydrogen-bond donors (Lipinski definition) is 1. The van der Waals surface area contributed by atoms with E-state index in [0.29, 0.717) is 5.92 Å². The summed E-state index contributed by atoms with van der Waals surface area (Å²) in [5.41, 5.74) is 6.36. The first-order valence-electron chi connectivity index (χ1n) is 13.0. The number of nitrogens with one attached hydrogen (secondary N) is 1. The monoisotopic (exact) mass is 509 g/mol. The zero-order valence-electron chi connectivity index (χ0n) is 22.2. The van der Waals surface area contributed by atoms with E-state index in [1.54, 1.807) is 11.3 Å². The van der Waals surface area contributed by atoms with Crippen LogP contribution in [-0.4, -0.2) is 16.7 Å². The molecule has 0 radical (unpaired) electrons. The number of rotatable bonds is 6. The second-order valence-electron chi connectivity index (χ2n) is 11.0. The molecule has 37 heavy (non-hydrogen) atoms. The average molecular weight is 510 g/mol. The lowest BCUT2D eigenvalue weighted by Gasteiger charge is -2.33. The van der Waals surface area contributed by atoms with Crippen molar-refractivity contribution in [3.8, 4) is 0 Å². The van der Waals surface area contributed by atoms with Crippen LogP contribution in [0.5, 0.6) is 0 Å². The van der Waals surface area contributed by atoms with E-state index in [9.17, 15) is 4.79 Å². The SMILES string of the molecule is C=CCn1c(C)c(C=Nc2sc3c(c2C(=O)Nc2ccccc2)CC[C@H](C(C)(C)C)C3)c2ccccc21. The maximum atomic E-state index is 13.6. The van der Waals surface area contributed by atoms with Crippen molar-refractivity contribution in [2.24, 2.45) is 16.3 Å². The molecule has 0 unspecified atom stereocenters. The Hall–Kier alpha value is -3.44. The molecule has 0 aliphatic heterocycles. The molecule has 1 aliphatic carbocycles. The quantitative estimate of drug-likeness (QED) is 0.206. The Balaban J connectivity index is 1.58. The van der Waals surface area contributed by atoms with Gasteiger partial charge in [0.15, 0.2) is 0 Å². The van der Waals surface area contributed by atoms with Gasteiger partial charge in [-0.25, -0.2) is 4.99 Å². The fraction of sp³-hybridized carbons (Fsp3) is 0.312. The molecule has 5 heteroatoms. The number of para-hydroxylation sites is 2. The van der Waals surface area contributed by atoms with Crippen LogP contribution >= 0.6 is 11.3 Å². The Morgan fingerprint density at radius 3 is 2.62 bits per heavy atom. The van der Waals surface area contributed by atoms with E-state index in [0.717, 1.165) is 58.7 Å². The minimum absolute atomic E-state index is 0.0733. The highest BCUT2D eigenvalue weighted by Crippen LogP contribution is 2.45. The van der Waals surface area contributed by atoms with Crippen molar-refractivity contribution in [3.63, 3.8) is 0 Å². The third kappa shape index (κ3) is 4.93. The Morgan fingerprint density at radius 1 is 1.16 bits per heavy atom. The molecule has 0 bridgehead atoms. The van der Waals surface area contributed by atoms with Gasteiger partial charge in [0.2, 0.25) is 0 Å². The standard InChI is InChI=1S/C32H35N3OS/c1-6-18-35-21(2)26(24-14-10-11-15-27(24)35)20-33-31-29(30(36)34-23-12-8-7-9-13-23)25-17-16-22(32(3,4)5)19-28(25)37-31/h6-15,20,22H,1,16-19H2,2-5H3,(H,34,36)/t22-/m0/s1. The molecule has 2 heterocycles. The van der Waals surface area contributed by atoms with Gasteiger partial charge in [0.05, 0.1) is 5.56 Å². The molecule has 190 valence electrons. The van der Waals surface area contributed by atoms with Crippen molar-refractivity contribution in [2.45, 2.75) is 53.5 Å². The van der Waals surface area contributed by atoms with Gasteiger partial charge in [-0.1, -0.05) is 63.2 Å². The van der Waals surface area contributed by atoms with Crippen molar-refractivity contribution >= 4 is 45.0 Å². The summed E-state index contributed by atoms with van der Waals surface area (Å²) in [6.45, 7) is 13.8. The number of aromatic nitrogens is 1. The van der Waals surface area contributed by atoms with Crippen LogP contribution in [0.1, 0.15) is 59.2 Å². The van der Waals surface area contributed by atoms with Crippen LogP contribution in [0.4, 0.5) is 10.7 Å². The van der Waals surface area contributed by atoms with E-state index in [1.807, 2.05) is 42.6 Å². The van der Waals surface area contributed by atoms with Crippen molar-refractivity contribution in [1.29, 1.82) is 0 Å². The molecule has 0 saturated heterocycles. The highest BCUT2D eigenvalue weighted by Gasteiger charge is 2.33. The van der Waals surface area contributed by atoms with Crippen LogP contribution in [0.25, 0.3) is 10.9 Å². The van der Waals surface area contributed by atoms with Crippen LogP contribution in [0.15, 0.2) is 72.2 Å². The fourth-order valence-electron chi connectivity index (χ4n) is 5.46. The van der Waals surface area contributed by atoms with Gasteiger partial charge < -0.3 is 9.88 Å². The molecule has 4 aromatic rings. The number of nitrogens with zero attached hydrogens (tertiary/aromatic N) is 2. The highest BCUT2D eigenvalue weighted by atomic mass is 32.1. The van der Waals surface area contributed by atoms with Crippen LogP contribution in [0, 0.1) is 18.3 Å².